The van der Waals surface area contributed by atoms with Crippen molar-refractivity contribution in [3.05, 3.63) is 63.9 Å². The quantitative estimate of drug-likeness (QED) is 0.921. The maximum Gasteiger partial charge on any atom is 0.142 e. The van der Waals surface area contributed by atoms with Gasteiger partial charge in [0, 0.05) is 11.1 Å². The van der Waals surface area contributed by atoms with Crippen LogP contribution in [0.1, 0.15) is 16.7 Å². The number of hydrogen-bond acceptors (Lipinski definition) is 2. The van der Waals surface area contributed by atoms with Crippen molar-refractivity contribution < 1.29 is 14.2 Å². The molecule has 0 unspecified atom stereocenters. The van der Waals surface area contributed by atoms with Gasteiger partial charge in [-0.15, -0.1) is 0 Å². The Morgan fingerprint density at radius 1 is 1.16 bits per heavy atom. The van der Waals surface area contributed by atoms with Gasteiger partial charge in [-0.05, 0) is 18.6 Å². The molecule has 0 heterocycles. The summed E-state index contributed by atoms with van der Waals surface area (Å²) < 4.78 is 19.0. The van der Waals surface area contributed by atoms with Crippen LogP contribution in [0.5, 0.6) is 5.75 Å². The number of halogens is 2. The third-order valence-corrected chi connectivity index (χ3v) is 3.29. The Bertz CT molecular complexity index is 584. The minimum absolute atomic E-state index is 0.0710. The minimum atomic E-state index is -0.463. The van der Waals surface area contributed by atoms with E-state index in [4.69, 9.17) is 16.3 Å². The van der Waals surface area contributed by atoms with Crippen molar-refractivity contribution in [3.8, 4) is 5.75 Å². The second kappa shape index (κ2) is 6.04. The fraction of sp³-hybridized carbons (Fsp3) is 0.200. The number of benzene rings is 2. The highest BCUT2D eigenvalue weighted by Crippen LogP contribution is 2.26. The Morgan fingerprint density at radius 2 is 1.84 bits per heavy atom. The summed E-state index contributed by atoms with van der Waals surface area (Å²) in [6.45, 7) is 1.95. The van der Waals surface area contributed by atoms with Gasteiger partial charge in [-0.1, -0.05) is 41.9 Å². The topological polar surface area (TPSA) is 29.5 Å². The monoisotopic (exact) mass is 280 g/mol. The van der Waals surface area contributed by atoms with Gasteiger partial charge in [-0.3, -0.25) is 0 Å². The Balaban J connectivity index is 2.21. The Kier molecular flexibility index (Phi) is 4.40. The molecule has 0 atom stereocenters. The van der Waals surface area contributed by atoms with Crippen molar-refractivity contribution in [2.45, 2.75) is 20.1 Å². The van der Waals surface area contributed by atoms with Gasteiger partial charge in [0.15, 0.2) is 0 Å². The van der Waals surface area contributed by atoms with Crippen LogP contribution >= 0.6 is 11.6 Å². The molecule has 0 spiro atoms. The van der Waals surface area contributed by atoms with Crippen LogP contribution in [-0.2, 0) is 13.2 Å². The van der Waals surface area contributed by atoms with E-state index in [9.17, 15) is 9.50 Å². The van der Waals surface area contributed by atoms with Gasteiger partial charge in [0.1, 0.15) is 18.2 Å². The van der Waals surface area contributed by atoms with Gasteiger partial charge in [0.25, 0.3) is 0 Å². The third kappa shape index (κ3) is 3.06. The lowest BCUT2D eigenvalue weighted by atomic mass is 10.1. The maximum atomic E-state index is 13.3. The van der Waals surface area contributed by atoms with Gasteiger partial charge < -0.3 is 9.84 Å². The molecule has 0 saturated carbocycles. The number of hydrogen-bond donors (Lipinski definition) is 1. The van der Waals surface area contributed by atoms with Crippen LogP contribution in [0, 0.1) is 12.7 Å². The third-order valence-electron chi connectivity index (χ3n) is 2.87. The molecule has 4 heteroatoms. The maximum absolute atomic E-state index is 13.3. The Morgan fingerprint density at radius 3 is 2.58 bits per heavy atom. The highest BCUT2D eigenvalue weighted by molar-refractivity contribution is 6.31. The number of aliphatic hydroxyl groups excluding tert-OH is 1. The predicted molar refractivity (Wildman–Crippen MR) is 72.8 cm³/mol. The van der Waals surface area contributed by atoms with Crippen molar-refractivity contribution in [2.24, 2.45) is 0 Å². The molecule has 0 aliphatic heterocycles. The van der Waals surface area contributed by atoms with Crippen LogP contribution in [0.4, 0.5) is 4.39 Å². The second-order valence-corrected chi connectivity index (χ2v) is 4.60. The molecule has 100 valence electrons. The second-order valence-electron chi connectivity index (χ2n) is 4.22. The van der Waals surface area contributed by atoms with Gasteiger partial charge in [-0.25, -0.2) is 4.39 Å². The average molecular weight is 281 g/mol. The Labute approximate surface area is 116 Å². The van der Waals surface area contributed by atoms with E-state index >= 15 is 0 Å². The number of ether oxygens (including phenoxy) is 1. The lowest BCUT2D eigenvalue weighted by molar-refractivity contribution is 0.258. The predicted octanol–water partition coefficient (Wildman–Crippen LogP) is 3.86. The summed E-state index contributed by atoms with van der Waals surface area (Å²) in [6.07, 6.45) is 0. The first-order chi connectivity index (χ1) is 9.13. The lowest BCUT2D eigenvalue weighted by Gasteiger charge is -2.13. The smallest absolute Gasteiger partial charge is 0.142 e. The summed E-state index contributed by atoms with van der Waals surface area (Å²) >= 11 is 5.87. The molecular weight excluding hydrogens is 267 g/mol. The van der Waals surface area contributed by atoms with E-state index in [0.29, 0.717) is 16.9 Å². The largest absolute Gasteiger partial charge is 0.488 e. The summed E-state index contributed by atoms with van der Waals surface area (Å²) in [5.74, 6) is 0.153. The molecule has 0 aliphatic rings. The zero-order valence-electron chi connectivity index (χ0n) is 10.5. The van der Waals surface area contributed by atoms with E-state index in [1.54, 1.807) is 18.2 Å². The highest BCUT2D eigenvalue weighted by Gasteiger charge is 2.09. The summed E-state index contributed by atoms with van der Waals surface area (Å²) in [6, 6.07) is 10.1. The number of para-hydroxylation sites is 1. The molecule has 1 N–H and O–H groups in total. The van der Waals surface area contributed by atoms with Crippen molar-refractivity contribution >= 4 is 11.6 Å². The van der Waals surface area contributed by atoms with Crippen LogP contribution in [-0.4, -0.2) is 5.11 Å². The summed E-state index contributed by atoms with van der Waals surface area (Å²) in [5.41, 5.74) is 2.19. The number of aliphatic hydroxyl groups is 1. The van der Waals surface area contributed by atoms with Crippen molar-refractivity contribution in [3.63, 3.8) is 0 Å². The molecule has 0 bridgehead atoms. The molecule has 0 fully saturated rings. The highest BCUT2D eigenvalue weighted by atomic mass is 35.5. The van der Waals surface area contributed by atoms with Crippen LogP contribution in [0.25, 0.3) is 0 Å². The first-order valence-corrected chi connectivity index (χ1v) is 6.26. The van der Waals surface area contributed by atoms with E-state index in [1.807, 2.05) is 19.1 Å². The lowest BCUT2D eigenvalue weighted by Crippen LogP contribution is -2.01. The minimum Gasteiger partial charge on any atom is -0.488 e. The molecule has 0 radical (unpaired) electrons. The van der Waals surface area contributed by atoms with Crippen LogP contribution < -0.4 is 4.74 Å². The van der Waals surface area contributed by atoms with E-state index in [-0.39, 0.29) is 18.2 Å². The first kappa shape index (κ1) is 13.8. The summed E-state index contributed by atoms with van der Waals surface area (Å²) in [4.78, 5) is 0. The number of rotatable bonds is 4. The SMILES string of the molecule is Cc1cccc(CO)c1OCc1cccc(F)c1Cl. The van der Waals surface area contributed by atoms with Crippen LogP contribution in [0.3, 0.4) is 0 Å². The van der Waals surface area contributed by atoms with Gasteiger partial charge in [0.2, 0.25) is 0 Å². The molecule has 2 nitrogen and oxygen atoms in total. The molecule has 0 saturated heterocycles. The van der Waals surface area contributed by atoms with Crippen molar-refractivity contribution in [1.29, 1.82) is 0 Å². The zero-order valence-corrected chi connectivity index (χ0v) is 11.2. The fourth-order valence-electron chi connectivity index (χ4n) is 1.85. The molecule has 0 amide bonds. The van der Waals surface area contributed by atoms with Crippen LogP contribution in [0.2, 0.25) is 5.02 Å². The molecule has 0 aromatic heterocycles. The molecular formula is C15H14ClFO2. The molecule has 2 aromatic rings. The molecule has 19 heavy (non-hydrogen) atoms. The zero-order chi connectivity index (χ0) is 13.8. The summed E-state index contributed by atoms with van der Waals surface area (Å²) in [5, 5.41) is 9.34. The van der Waals surface area contributed by atoms with E-state index in [1.165, 1.54) is 6.07 Å². The van der Waals surface area contributed by atoms with Crippen molar-refractivity contribution in [2.75, 3.05) is 0 Å². The average Bonchev–Trinajstić information content (AvgIpc) is 2.41. The van der Waals surface area contributed by atoms with E-state index in [2.05, 4.69) is 0 Å². The van der Waals surface area contributed by atoms with Gasteiger partial charge in [-0.2, -0.15) is 0 Å². The standard InChI is InChI=1S/C15H14ClFO2/c1-10-4-2-5-11(8-18)15(10)19-9-12-6-3-7-13(17)14(12)16/h2-7,18H,8-9H2,1H3. The van der Waals surface area contributed by atoms with Gasteiger partial charge in [0.05, 0.1) is 11.6 Å². The van der Waals surface area contributed by atoms with E-state index < -0.39 is 5.82 Å². The van der Waals surface area contributed by atoms with Gasteiger partial charge >= 0.3 is 0 Å². The molecule has 2 rings (SSSR count). The van der Waals surface area contributed by atoms with Crippen molar-refractivity contribution in [1.82, 2.24) is 0 Å². The van der Waals surface area contributed by atoms with Crippen LogP contribution in [0.15, 0.2) is 36.4 Å². The summed E-state index contributed by atoms with van der Waals surface area (Å²) in [7, 11) is 0. The normalized spacial score (nSPS) is 10.5. The van der Waals surface area contributed by atoms with E-state index in [0.717, 1.165) is 5.56 Å². The molecule has 2 aromatic carbocycles. The number of aryl methyl sites for hydroxylation is 1. The Hall–Kier alpha value is -1.58. The first-order valence-electron chi connectivity index (χ1n) is 5.88. The fourth-order valence-corrected chi connectivity index (χ4v) is 2.03. The molecule has 0 aliphatic carbocycles.